The summed E-state index contributed by atoms with van der Waals surface area (Å²) in [6.07, 6.45) is 1.69. The fourth-order valence-electron chi connectivity index (χ4n) is 2.06. The molecular formula is C15H12N4O2. The van der Waals surface area contributed by atoms with Crippen molar-refractivity contribution >= 4 is 22.6 Å². The number of benzene rings is 1. The van der Waals surface area contributed by atoms with Gasteiger partial charge in [0.1, 0.15) is 0 Å². The number of carboxylic acid groups (broad SMARTS) is 1. The molecule has 104 valence electrons. The number of nitrogens with one attached hydrogen (secondary N) is 1. The van der Waals surface area contributed by atoms with Crippen LogP contribution >= 0.6 is 0 Å². The predicted molar refractivity (Wildman–Crippen MR) is 78.1 cm³/mol. The van der Waals surface area contributed by atoms with E-state index in [1.54, 1.807) is 12.3 Å². The average Bonchev–Trinajstić information content (AvgIpc) is 2.53. The highest BCUT2D eigenvalue weighted by atomic mass is 16.4. The number of pyridine rings is 1. The van der Waals surface area contributed by atoms with Crippen LogP contribution in [0.15, 0.2) is 48.7 Å². The van der Waals surface area contributed by atoms with Gasteiger partial charge < -0.3 is 10.4 Å². The minimum atomic E-state index is -1.11. The lowest BCUT2D eigenvalue weighted by atomic mass is 10.1. The molecule has 0 fully saturated rings. The van der Waals surface area contributed by atoms with Crippen molar-refractivity contribution < 1.29 is 9.90 Å². The minimum absolute atomic E-state index is 0.0929. The Morgan fingerprint density at radius 2 is 1.90 bits per heavy atom. The topological polar surface area (TPSA) is 88.0 Å². The molecule has 0 aliphatic heterocycles. The maximum Gasteiger partial charge on any atom is 0.358 e. The number of aromatic nitrogens is 3. The summed E-state index contributed by atoms with van der Waals surface area (Å²) in [5, 5.41) is 20.8. The van der Waals surface area contributed by atoms with E-state index in [2.05, 4.69) is 20.5 Å². The van der Waals surface area contributed by atoms with Crippen molar-refractivity contribution in [3.63, 3.8) is 0 Å². The largest absolute Gasteiger partial charge is 0.476 e. The lowest BCUT2D eigenvalue weighted by molar-refractivity contribution is 0.0690. The lowest BCUT2D eigenvalue weighted by Gasteiger charge is -2.11. The van der Waals surface area contributed by atoms with Crippen molar-refractivity contribution in [2.45, 2.75) is 6.54 Å². The molecule has 3 aromatic rings. The molecule has 6 nitrogen and oxygen atoms in total. The van der Waals surface area contributed by atoms with Gasteiger partial charge in [-0.2, -0.15) is 0 Å². The molecule has 0 aliphatic carbocycles. The molecule has 0 bridgehead atoms. The van der Waals surface area contributed by atoms with Gasteiger partial charge in [0, 0.05) is 11.6 Å². The van der Waals surface area contributed by atoms with Crippen LogP contribution in [0.2, 0.25) is 0 Å². The Hall–Kier alpha value is -3.02. The molecule has 2 heterocycles. The summed E-state index contributed by atoms with van der Waals surface area (Å²) in [4.78, 5) is 15.5. The Kier molecular flexibility index (Phi) is 3.42. The third-order valence-electron chi connectivity index (χ3n) is 3.04. The third-order valence-corrected chi connectivity index (χ3v) is 3.04. The first-order chi connectivity index (χ1) is 10.3. The van der Waals surface area contributed by atoms with Gasteiger partial charge in [0.15, 0.2) is 5.69 Å². The van der Waals surface area contributed by atoms with Gasteiger partial charge in [0.25, 0.3) is 0 Å². The standard InChI is InChI=1S/C15H12N4O2/c20-15(21)14-13(17-9-10-5-3-4-8-16-10)11-6-1-2-7-12(11)18-19-14/h1-8H,9H2,(H,17,18)(H,20,21). The highest BCUT2D eigenvalue weighted by Gasteiger charge is 2.16. The zero-order chi connectivity index (χ0) is 14.7. The SMILES string of the molecule is O=C(O)c1nnc2ccccc2c1NCc1ccccn1. The molecule has 0 spiro atoms. The molecule has 21 heavy (non-hydrogen) atoms. The number of fused-ring (bicyclic) bond motifs is 1. The molecular weight excluding hydrogens is 268 g/mol. The van der Waals surface area contributed by atoms with Crippen LogP contribution in [0.3, 0.4) is 0 Å². The highest BCUT2D eigenvalue weighted by molar-refractivity contribution is 6.02. The first kappa shape index (κ1) is 13.0. The maximum absolute atomic E-state index is 11.3. The van der Waals surface area contributed by atoms with E-state index in [0.717, 1.165) is 11.1 Å². The molecule has 6 heteroatoms. The van der Waals surface area contributed by atoms with Gasteiger partial charge in [-0.05, 0) is 18.2 Å². The van der Waals surface area contributed by atoms with Gasteiger partial charge in [-0.1, -0.05) is 24.3 Å². The number of carbonyl (C=O) groups is 1. The molecule has 0 atom stereocenters. The van der Waals surface area contributed by atoms with Gasteiger partial charge in [-0.15, -0.1) is 10.2 Å². The number of carboxylic acids is 1. The Balaban J connectivity index is 2.02. The summed E-state index contributed by atoms with van der Waals surface area (Å²) in [5.41, 5.74) is 1.82. The molecule has 2 N–H and O–H groups in total. The van der Waals surface area contributed by atoms with E-state index >= 15 is 0 Å². The zero-order valence-corrected chi connectivity index (χ0v) is 11.0. The molecule has 0 unspecified atom stereocenters. The van der Waals surface area contributed by atoms with Crippen LogP contribution in [0.5, 0.6) is 0 Å². The number of hydrogen-bond donors (Lipinski definition) is 2. The van der Waals surface area contributed by atoms with E-state index in [1.165, 1.54) is 0 Å². The second-order valence-electron chi connectivity index (χ2n) is 4.42. The Labute approximate surface area is 120 Å². The van der Waals surface area contributed by atoms with E-state index in [9.17, 15) is 9.90 Å². The quantitative estimate of drug-likeness (QED) is 0.762. The Morgan fingerprint density at radius 3 is 2.67 bits per heavy atom. The number of nitrogens with zero attached hydrogens (tertiary/aromatic N) is 3. The minimum Gasteiger partial charge on any atom is -0.476 e. The summed E-state index contributed by atoms with van der Waals surface area (Å²) >= 11 is 0. The van der Waals surface area contributed by atoms with E-state index in [4.69, 9.17) is 0 Å². The number of anilines is 1. The van der Waals surface area contributed by atoms with E-state index in [0.29, 0.717) is 17.7 Å². The predicted octanol–water partition coefficient (Wildman–Crippen LogP) is 2.34. The molecule has 0 amide bonds. The summed E-state index contributed by atoms with van der Waals surface area (Å²) < 4.78 is 0. The van der Waals surface area contributed by atoms with Crippen molar-refractivity contribution in [2.75, 3.05) is 5.32 Å². The summed E-state index contributed by atoms with van der Waals surface area (Å²) in [5.74, 6) is -1.11. The molecule has 1 aromatic carbocycles. The average molecular weight is 280 g/mol. The van der Waals surface area contributed by atoms with Crippen molar-refractivity contribution in [3.05, 3.63) is 60.0 Å². The van der Waals surface area contributed by atoms with Crippen LogP contribution < -0.4 is 5.32 Å². The summed E-state index contributed by atoms with van der Waals surface area (Å²) in [6.45, 7) is 0.413. The van der Waals surface area contributed by atoms with Crippen LogP contribution in [0.1, 0.15) is 16.2 Å². The summed E-state index contributed by atoms with van der Waals surface area (Å²) in [7, 11) is 0. The number of rotatable bonds is 4. The van der Waals surface area contributed by atoms with Crippen LogP contribution in [-0.4, -0.2) is 26.3 Å². The molecule has 0 radical (unpaired) electrons. The molecule has 0 aliphatic rings. The lowest BCUT2D eigenvalue weighted by Crippen LogP contribution is -2.11. The van der Waals surface area contributed by atoms with E-state index in [1.807, 2.05) is 36.4 Å². The van der Waals surface area contributed by atoms with Gasteiger partial charge in [-0.25, -0.2) is 4.79 Å². The van der Waals surface area contributed by atoms with E-state index < -0.39 is 5.97 Å². The number of aromatic carboxylic acids is 1. The van der Waals surface area contributed by atoms with Gasteiger partial charge in [0.2, 0.25) is 0 Å². The van der Waals surface area contributed by atoms with Crippen molar-refractivity contribution in [3.8, 4) is 0 Å². The fraction of sp³-hybridized carbons (Fsp3) is 0.0667. The monoisotopic (exact) mass is 280 g/mol. The van der Waals surface area contributed by atoms with E-state index in [-0.39, 0.29) is 5.69 Å². The second kappa shape index (κ2) is 5.54. The van der Waals surface area contributed by atoms with Crippen molar-refractivity contribution in [2.24, 2.45) is 0 Å². The van der Waals surface area contributed by atoms with Crippen LogP contribution in [0.4, 0.5) is 5.69 Å². The first-order valence-electron chi connectivity index (χ1n) is 6.38. The van der Waals surface area contributed by atoms with Crippen LogP contribution in [0, 0.1) is 0 Å². The van der Waals surface area contributed by atoms with Gasteiger partial charge in [0.05, 0.1) is 23.4 Å². The highest BCUT2D eigenvalue weighted by Crippen LogP contribution is 2.24. The Morgan fingerprint density at radius 1 is 1.10 bits per heavy atom. The summed E-state index contributed by atoms with van der Waals surface area (Å²) in [6, 6.07) is 12.9. The second-order valence-corrected chi connectivity index (χ2v) is 4.42. The zero-order valence-electron chi connectivity index (χ0n) is 11.0. The fourth-order valence-corrected chi connectivity index (χ4v) is 2.06. The van der Waals surface area contributed by atoms with Crippen LogP contribution in [-0.2, 0) is 6.54 Å². The maximum atomic E-state index is 11.3. The van der Waals surface area contributed by atoms with Gasteiger partial charge >= 0.3 is 5.97 Å². The van der Waals surface area contributed by atoms with Gasteiger partial charge in [-0.3, -0.25) is 4.98 Å². The molecule has 0 saturated heterocycles. The van der Waals surface area contributed by atoms with Crippen molar-refractivity contribution in [1.29, 1.82) is 0 Å². The third kappa shape index (κ3) is 2.64. The smallest absolute Gasteiger partial charge is 0.358 e. The first-order valence-corrected chi connectivity index (χ1v) is 6.38. The van der Waals surface area contributed by atoms with Crippen molar-refractivity contribution in [1.82, 2.24) is 15.2 Å². The Bertz CT molecular complexity index is 790. The normalized spacial score (nSPS) is 10.5. The molecule has 2 aromatic heterocycles. The molecule has 3 rings (SSSR count). The molecule has 0 saturated carbocycles. The number of hydrogen-bond acceptors (Lipinski definition) is 5. The van der Waals surface area contributed by atoms with Crippen LogP contribution in [0.25, 0.3) is 10.9 Å².